The summed E-state index contributed by atoms with van der Waals surface area (Å²) in [5.41, 5.74) is 3.59. The lowest BCUT2D eigenvalue weighted by molar-refractivity contribution is 0.0527. The van der Waals surface area contributed by atoms with Gasteiger partial charge in [0.1, 0.15) is 5.60 Å². The van der Waals surface area contributed by atoms with Gasteiger partial charge < -0.3 is 20.4 Å². The van der Waals surface area contributed by atoms with Crippen molar-refractivity contribution >= 4 is 17.0 Å². The van der Waals surface area contributed by atoms with Crippen LogP contribution in [-0.2, 0) is 11.2 Å². The fourth-order valence-corrected chi connectivity index (χ4v) is 3.49. The summed E-state index contributed by atoms with van der Waals surface area (Å²) in [5, 5.41) is 7.80. The number of aromatic amines is 1. The molecule has 0 aliphatic heterocycles. The number of hydrogen-bond acceptors (Lipinski definition) is 3. The predicted molar refractivity (Wildman–Crippen MR) is 101 cm³/mol. The number of nitrogens with one attached hydrogen (secondary N) is 3. The SMILES string of the molecule is CC(C)(C)OC(=O)NCCCNC1CCCc2c1[nH]c1ccccc21. The number of aromatic nitrogens is 1. The number of aryl methyl sites for hydroxylation is 1. The van der Waals surface area contributed by atoms with Gasteiger partial charge in [-0.05, 0) is 64.6 Å². The summed E-state index contributed by atoms with van der Waals surface area (Å²) >= 11 is 0. The average molecular weight is 343 g/mol. The fourth-order valence-electron chi connectivity index (χ4n) is 3.49. The number of alkyl carbamates (subject to hydrolysis) is 1. The smallest absolute Gasteiger partial charge is 0.407 e. The molecule has 1 unspecified atom stereocenters. The van der Waals surface area contributed by atoms with Crippen LogP contribution in [0.15, 0.2) is 24.3 Å². The van der Waals surface area contributed by atoms with Crippen molar-refractivity contribution in [2.75, 3.05) is 13.1 Å². The molecule has 5 heteroatoms. The number of carbonyl (C=O) groups excluding carboxylic acids is 1. The largest absolute Gasteiger partial charge is 0.444 e. The van der Waals surface area contributed by atoms with Gasteiger partial charge in [0.2, 0.25) is 0 Å². The number of para-hydroxylation sites is 1. The van der Waals surface area contributed by atoms with E-state index in [0.29, 0.717) is 12.6 Å². The predicted octanol–water partition coefficient (Wildman–Crippen LogP) is 4.05. The minimum atomic E-state index is -0.448. The molecule has 1 atom stereocenters. The molecule has 1 aliphatic rings. The third kappa shape index (κ3) is 4.54. The molecule has 3 rings (SSSR count). The zero-order chi connectivity index (χ0) is 17.9. The summed E-state index contributed by atoms with van der Waals surface area (Å²) in [6, 6.07) is 8.91. The Bertz CT molecular complexity index is 730. The first-order valence-corrected chi connectivity index (χ1v) is 9.24. The fraction of sp³-hybridized carbons (Fsp3) is 0.550. The van der Waals surface area contributed by atoms with Gasteiger partial charge in [-0.25, -0.2) is 4.79 Å². The highest BCUT2D eigenvalue weighted by Gasteiger charge is 2.23. The minimum Gasteiger partial charge on any atom is -0.444 e. The highest BCUT2D eigenvalue weighted by atomic mass is 16.6. The van der Waals surface area contributed by atoms with E-state index in [1.165, 1.54) is 28.6 Å². The van der Waals surface area contributed by atoms with Gasteiger partial charge in [-0.1, -0.05) is 18.2 Å². The van der Waals surface area contributed by atoms with E-state index in [0.717, 1.165) is 25.8 Å². The summed E-state index contributed by atoms with van der Waals surface area (Å²) in [5.74, 6) is 0. The Balaban J connectivity index is 1.48. The summed E-state index contributed by atoms with van der Waals surface area (Å²) < 4.78 is 5.24. The maximum Gasteiger partial charge on any atom is 0.407 e. The average Bonchev–Trinajstić information content (AvgIpc) is 2.92. The summed E-state index contributed by atoms with van der Waals surface area (Å²) in [7, 11) is 0. The van der Waals surface area contributed by atoms with E-state index in [-0.39, 0.29) is 6.09 Å². The van der Waals surface area contributed by atoms with Crippen molar-refractivity contribution in [1.29, 1.82) is 0 Å². The molecule has 1 amide bonds. The van der Waals surface area contributed by atoms with Crippen LogP contribution in [0, 0.1) is 0 Å². The van der Waals surface area contributed by atoms with Crippen LogP contribution in [0.1, 0.15) is 57.3 Å². The molecule has 0 bridgehead atoms. The molecule has 5 nitrogen and oxygen atoms in total. The molecule has 0 radical (unpaired) electrons. The van der Waals surface area contributed by atoms with Crippen LogP contribution in [0.3, 0.4) is 0 Å². The van der Waals surface area contributed by atoms with Crippen LogP contribution >= 0.6 is 0 Å². The van der Waals surface area contributed by atoms with Crippen LogP contribution in [-0.4, -0.2) is 29.8 Å². The van der Waals surface area contributed by atoms with Crippen LogP contribution in [0.5, 0.6) is 0 Å². The van der Waals surface area contributed by atoms with Crippen molar-refractivity contribution in [1.82, 2.24) is 15.6 Å². The number of rotatable bonds is 5. The normalized spacial score (nSPS) is 17.3. The van der Waals surface area contributed by atoms with Gasteiger partial charge in [0.25, 0.3) is 0 Å². The van der Waals surface area contributed by atoms with E-state index in [2.05, 4.69) is 39.9 Å². The van der Waals surface area contributed by atoms with Crippen LogP contribution in [0.2, 0.25) is 0 Å². The molecule has 0 fully saturated rings. The molecule has 1 aromatic heterocycles. The lowest BCUT2D eigenvalue weighted by atomic mass is 9.91. The minimum absolute atomic E-state index is 0.344. The van der Waals surface area contributed by atoms with E-state index in [1.54, 1.807) is 0 Å². The second-order valence-corrected chi connectivity index (χ2v) is 7.74. The van der Waals surface area contributed by atoms with Crippen molar-refractivity contribution in [2.24, 2.45) is 0 Å². The Kier molecular flexibility index (Phi) is 5.33. The highest BCUT2D eigenvalue weighted by molar-refractivity contribution is 5.85. The van der Waals surface area contributed by atoms with Crippen LogP contribution in [0.4, 0.5) is 4.79 Å². The molecule has 1 aromatic carbocycles. The highest BCUT2D eigenvalue weighted by Crippen LogP contribution is 2.34. The zero-order valence-corrected chi connectivity index (χ0v) is 15.4. The Morgan fingerprint density at radius 3 is 2.88 bits per heavy atom. The maximum atomic E-state index is 11.6. The molecule has 2 aromatic rings. The van der Waals surface area contributed by atoms with Gasteiger partial charge in [0, 0.05) is 29.2 Å². The second kappa shape index (κ2) is 7.48. The summed E-state index contributed by atoms with van der Waals surface area (Å²) in [6.45, 7) is 7.10. The standard InChI is InChI=1S/C20H29N3O2/c1-20(2,3)25-19(24)22-13-7-12-21-17-11-6-9-15-14-8-4-5-10-16(14)23-18(15)17/h4-5,8,10,17,21,23H,6-7,9,11-13H2,1-3H3,(H,22,24). The lowest BCUT2D eigenvalue weighted by Gasteiger charge is -2.24. The Morgan fingerprint density at radius 2 is 2.08 bits per heavy atom. The number of benzene rings is 1. The molecular formula is C20H29N3O2. The molecular weight excluding hydrogens is 314 g/mol. The third-order valence-corrected chi connectivity index (χ3v) is 4.53. The van der Waals surface area contributed by atoms with E-state index >= 15 is 0 Å². The van der Waals surface area contributed by atoms with Crippen molar-refractivity contribution in [2.45, 2.75) is 58.1 Å². The number of ether oxygens (including phenoxy) is 1. The Labute approximate surface area is 149 Å². The van der Waals surface area contributed by atoms with Gasteiger partial charge in [0.15, 0.2) is 0 Å². The van der Waals surface area contributed by atoms with Gasteiger partial charge in [-0.3, -0.25) is 0 Å². The Hall–Kier alpha value is -2.01. The quantitative estimate of drug-likeness (QED) is 0.718. The van der Waals surface area contributed by atoms with Gasteiger partial charge in [0.05, 0.1) is 0 Å². The molecule has 0 spiro atoms. The number of fused-ring (bicyclic) bond motifs is 3. The number of hydrogen-bond donors (Lipinski definition) is 3. The molecule has 136 valence electrons. The molecule has 1 aliphatic carbocycles. The Morgan fingerprint density at radius 1 is 1.28 bits per heavy atom. The first-order valence-electron chi connectivity index (χ1n) is 9.24. The van der Waals surface area contributed by atoms with Crippen molar-refractivity contribution < 1.29 is 9.53 Å². The molecule has 0 saturated carbocycles. The first-order chi connectivity index (χ1) is 11.9. The van der Waals surface area contributed by atoms with E-state index in [9.17, 15) is 4.79 Å². The van der Waals surface area contributed by atoms with Gasteiger partial charge >= 0.3 is 6.09 Å². The van der Waals surface area contributed by atoms with Gasteiger partial charge in [-0.15, -0.1) is 0 Å². The van der Waals surface area contributed by atoms with Crippen LogP contribution in [0.25, 0.3) is 10.9 Å². The van der Waals surface area contributed by atoms with Crippen molar-refractivity contribution in [3.8, 4) is 0 Å². The zero-order valence-electron chi connectivity index (χ0n) is 15.4. The molecule has 1 heterocycles. The summed E-state index contributed by atoms with van der Waals surface area (Å²) in [4.78, 5) is 15.2. The first kappa shape index (κ1) is 17.8. The lowest BCUT2D eigenvalue weighted by Crippen LogP contribution is -2.34. The van der Waals surface area contributed by atoms with Gasteiger partial charge in [-0.2, -0.15) is 0 Å². The van der Waals surface area contributed by atoms with E-state index in [4.69, 9.17) is 4.74 Å². The third-order valence-electron chi connectivity index (χ3n) is 4.53. The number of carbonyl (C=O) groups is 1. The second-order valence-electron chi connectivity index (χ2n) is 7.74. The molecule has 0 saturated heterocycles. The van der Waals surface area contributed by atoms with E-state index < -0.39 is 5.60 Å². The van der Waals surface area contributed by atoms with E-state index in [1.807, 2.05) is 20.8 Å². The van der Waals surface area contributed by atoms with Crippen LogP contribution < -0.4 is 10.6 Å². The van der Waals surface area contributed by atoms with Crippen molar-refractivity contribution in [3.63, 3.8) is 0 Å². The molecule has 25 heavy (non-hydrogen) atoms. The number of amides is 1. The molecule has 3 N–H and O–H groups in total. The topological polar surface area (TPSA) is 66.2 Å². The van der Waals surface area contributed by atoms with Crippen molar-refractivity contribution in [3.05, 3.63) is 35.5 Å². The monoisotopic (exact) mass is 343 g/mol. The summed E-state index contributed by atoms with van der Waals surface area (Å²) in [6.07, 6.45) is 4.05. The maximum absolute atomic E-state index is 11.6. The number of H-pyrrole nitrogens is 1.